The van der Waals surface area contributed by atoms with Crippen LogP contribution in [0.3, 0.4) is 0 Å². The summed E-state index contributed by atoms with van der Waals surface area (Å²) in [6.07, 6.45) is 0.352. The Balaban J connectivity index is 1.76. The average Bonchev–Trinajstić information content (AvgIpc) is 2.69. The standard InChI is InChI=1S/C15H17NO2S/c1-11-10-15(19-12(11)2)16-14(17)8-9-18-13-6-4-3-5-7-13/h3-7,10H,8-9H2,1-2H3,(H,16,17). The molecular weight excluding hydrogens is 258 g/mol. The molecule has 100 valence electrons. The van der Waals surface area contributed by atoms with Crippen LogP contribution >= 0.6 is 11.3 Å². The Kier molecular flexibility index (Phi) is 4.58. The van der Waals surface area contributed by atoms with E-state index in [9.17, 15) is 4.79 Å². The Bertz CT molecular complexity index is 529. The number of carbonyl (C=O) groups excluding carboxylic acids is 1. The Labute approximate surface area is 117 Å². The lowest BCUT2D eigenvalue weighted by Crippen LogP contribution is -2.14. The lowest BCUT2D eigenvalue weighted by molar-refractivity contribution is -0.116. The van der Waals surface area contributed by atoms with Crippen LogP contribution in [0.5, 0.6) is 5.75 Å². The average molecular weight is 275 g/mol. The van der Waals surface area contributed by atoms with Gasteiger partial charge < -0.3 is 10.1 Å². The molecule has 0 spiro atoms. The highest BCUT2D eigenvalue weighted by atomic mass is 32.1. The topological polar surface area (TPSA) is 38.3 Å². The van der Waals surface area contributed by atoms with E-state index in [2.05, 4.69) is 5.32 Å². The summed E-state index contributed by atoms with van der Waals surface area (Å²) >= 11 is 1.60. The van der Waals surface area contributed by atoms with E-state index in [1.54, 1.807) is 11.3 Å². The van der Waals surface area contributed by atoms with E-state index in [1.807, 2.05) is 50.2 Å². The molecule has 2 aromatic rings. The van der Waals surface area contributed by atoms with Crippen molar-refractivity contribution >= 4 is 22.2 Å². The summed E-state index contributed by atoms with van der Waals surface area (Å²) in [7, 11) is 0. The zero-order chi connectivity index (χ0) is 13.7. The lowest BCUT2D eigenvalue weighted by Gasteiger charge is -2.05. The summed E-state index contributed by atoms with van der Waals surface area (Å²) in [4.78, 5) is 13.0. The quantitative estimate of drug-likeness (QED) is 0.902. The second-order valence-corrected chi connectivity index (χ2v) is 5.57. The van der Waals surface area contributed by atoms with Crippen molar-refractivity contribution in [2.75, 3.05) is 11.9 Å². The van der Waals surface area contributed by atoms with Crippen LogP contribution < -0.4 is 10.1 Å². The van der Waals surface area contributed by atoms with Crippen LogP contribution in [-0.2, 0) is 4.79 Å². The summed E-state index contributed by atoms with van der Waals surface area (Å²) in [6, 6.07) is 11.5. The number of amides is 1. The maximum Gasteiger partial charge on any atom is 0.228 e. The first-order valence-electron chi connectivity index (χ1n) is 6.20. The Hall–Kier alpha value is -1.81. The molecule has 2 rings (SSSR count). The zero-order valence-corrected chi connectivity index (χ0v) is 11.9. The van der Waals surface area contributed by atoms with E-state index in [0.29, 0.717) is 13.0 Å². The van der Waals surface area contributed by atoms with Crippen molar-refractivity contribution < 1.29 is 9.53 Å². The molecule has 0 saturated carbocycles. The van der Waals surface area contributed by atoms with Crippen LogP contribution in [0, 0.1) is 13.8 Å². The Morgan fingerprint density at radius 2 is 2.00 bits per heavy atom. The molecule has 3 nitrogen and oxygen atoms in total. The van der Waals surface area contributed by atoms with Gasteiger partial charge in [-0.2, -0.15) is 0 Å². The summed E-state index contributed by atoms with van der Waals surface area (Å²) in [5, 5.41) is 3.79. The van der Waals surface area contributed by atoms with Gasteiger partial charge in [-0.15, -0.1) is 11.3 Å². The molecule has 1 N–H and O–H groups in total. The predicted molar refractivity (Wildman–Crippen MR) is 79.0 cm³/mol. The van der Waals surface area contributed by atoms with E-state index in [1.165, 1.54) is 10.4 Å². The van der Waals surface area contributed by atoms with Crippen LogP contribution in [0.1, 0.15) is 16.9 Å². The van der Waals surface area contributed by atoms with Crippen LogP contribution in [0.25, 0.3) is 0 Å². The van der Waals surface area contributed by atoms with Crippen molar-refractivity contribution in [3.63, 3.8) is 0 Å². The number of thiophene rings is 1. The van der Waals surface area contributed by atoms with Gasteiger partial charge in [-0.1, -0.05) is 18.2 Å². The van der Waals surface area contributed by atoms with Gasteiger partial charge in [0, 0.05) is 4.88 Å². The fourth-order valence-corrected chi connectivity index (χ4v) is 2.56. The highest BCUT2D eigenvalue weighted by Crippen LogP contribution is 2.25. The number of benzene rings is 1. The normalized spacial score (nSPS) is 10.2. The van der Waals surface area contributed by atoms with E-state index in [4.69, 9.17) is 4.74 Å². The lowest BCUT2D eigenvalue weighted by atomic mass is 10.3. The molecule has 0 radical (unpaired) electrons. The maximum absolute atomic E-state index is 11.7. The van der Waals surface area contributed by atoms with E-state index < -0.39 is 0 Å². The van der Waals surface area contributed by atoms with Crippen molar-refractivity contribution in [2.24, 2.45) is 0 Å². The van der Waals surface area contributed by atoms with Gasteiger partial charge in [-0.05, 0) is 37.6 Å². The molecule has 1 heterocycles. The van der Waals surface area contributed by atoms with Crippen molar-refractivity contribution in [1.82, 2.24) is 0 Å². The van der Waals surface area contributed by atoms with Crippen LogP contribution in [0.4, 0.5) is 5.00 Å². The SMILES string of the molecule is Cc1cc(NC(=O)CCOc2ccccc2)sc1C. The van der Waals surface area contributed by atoms with Crippen molar-refractivity contribution in [3.8, 4) is 5.75 Å². The molecule has 0 saturated heterocycles. The highest BCUT2D eigenvalue weighted by Gasteiger charge is 2.06. The fourth-order valence-electron chi connectivity index (χ4n) is 1.61. The summed E-state index contributed by atoms with van der Waals surface area (Å²) in [6.45, 7) is 4.48. The first kappa shape index (κ1) is 13.6. The van der Waals surface area contributed by atoms with Gasteiger partial charge in [0.2, 0.25) is 5.91 Å². The molecule has 0 aliphatic rings. The minimum Gasteiger partial charge on any atom is -0.493 e. The predicted octanol–water partition coefficient (Wildman–Crippen LogP) is 3.77. The van der Waals surface area contributed by atoms with Gasteiger partial charge >= 0.3 is 0 Å². The first-order chi connectivity index (χ1) is 9.15. The minimum absolute atomic E-state index is 0.0165. The Morgan fingerprint density at radius 3 is 2.63 bits per heavy atom. The van der Waals surface area contributed by atoms with Crippen molar-refractivity contribution in [1.29, 1.82) is 0 Å². The summed E-state index contributed by atoms with van der Waals surface area (Å²) in [5.74, 6) is 0.773. The van der Waals surface area contributed by atoms with Gasteiger partial charge in [0.05, 0.1) is 18.0 Å². The number of para-hydroxylation sites is 1. The molecular formula is C15H17NO2S. The largest absolute Gasteiger partial charge is 0.493 e. The molecule has 4 heteroatoms. The number of hydrogen-bond donors (Lipinski definition) is 1. The maximum atomic E-state index is 11.7. The number of aryl methyl sites for hydroxylation is 2. The molecule has 1 aromatic heterocycles. The third kappa shape index (κ3) is 4.10. The third-order valence-electron chi connectivity index (χ3n) is 2.77. The fraction of sp³-hybridized carbons (Fsp3) is 0.267. The molecule has 1 amide bonds. The van der Waals surface area contributed by atoms with Crippen molar-refractivity contribution in [3.05, 3.63) is 46.8 Å². The number of rotatable bonds is 5. The number of anilines is 1. The number of ether oxygens (including phenoxy) is 1. The van der Waals surface area contributed by atoms with E-state index >= 15 is 0 Å². The molecule has 0 unspecified atom stereocenters. The van der Waals surface area contributed by atoms with Gasteiger partial charge in [0.25, 0.3) is 0 Å². The van der Waals surface area contributed by atoms with Gasteiger partial charge in [-0.3, -0.25) is 4.79 Å². The zero-order valence-electron chi connectivity index (χ0n) is 11.1. The smallest absolute Gasteiger partial charge is 0.228 e. The number of nitrogens with one attached hydrogen (secondary N) is 1. The second-order valence-electron chi connectivity index (χ2n) is 4.31. The summed E-state index contributed by atoms with van der Waals surface area (Å²) in [5.41, 5.74) is 1.21. The second kappa shape index (κ2) is 6.38. The highest BCUT2D eigenvalue weighted by molar-refractivity contribution is 7.16. The molecule has 0 atom stereocenters. The third-order valence-corrected chi connectivity index (χ3v) is 3.84. The van der Waals surface area contributed by atoms with Gasteiger partial charge in [-0.25, -0.2) is 0 Å². The van der Waals surface area contributed by atoms with Crippen LogP contribution in [-0.4, -0.2) is 12.5 Å². The monoisotopic (exact) mass is 275 g/mol. The molecule has 0 aliphatic heterocycles. The molecule has 1 aromatic carbocycles. The van der Waals surface area contributed by atoms with Gasteiger partial charge in [0.1, 0.15) is 5.75 Å². The number of carbonyl (C=O) groups is 1. The molecule has 19 heavy (non-hydrogen) atoms. The van der Waals surface area contributed by atoms with Crippen LogP contribution in [0.2, 0.25) is 0 Å². The summed E-state index contributed by atoms with van der Waals surface area (Å²) < 4.78 is 5.49. The molecule has 0 bridgehead atoms. The van der Waals surface area contributed by atoms with Crippen LogP contribution in [0.15, 0.2) is 36.4 Å². The Morgan fingerprint density at radius 1 is 1.26 bits per heavy atom. The first-order valence-corrected chi connectivity index (χ1v) is 7.01. The van der Waals surface area contributed by atoms with E-state index in [-0.39, 0.29) is 5.91 Å². The number of hydrogen-bond acceptors (Lipinski definition) is 3. The molecule has 0 aliphatic carbocycles. The minimum atomic E-state index is -0.0165. The van der Waals surface area contributed by atoms with Crippen molar-refractivity contribution in [2.45, 2.75) is 20.3 Å². The molecule has 0 fully saturated rings. The van der Waals surface area contributed by atoms with E-state index in [0.717, 1.165) is 10.8 Å². The van der Waals surface area contributed by atoms with Gasteiger partial charge in [0.15, 0.2) is 0 Å².